The number of rotatable bonds is 3. The third-order valence-corrected chi connectivity index (χ3v) is 13.5. The van der Waals surface area contributed by atoms with Crippen LogP contribution >= 0.6 is 0 Å². The predicted octanol–water partition coefficient (Wildman–Crippen LogP) is 8.54. The van der Waals surface area contributed by atoms with Crippen LogP contribution in [0.5, 0.6) is 0 Å². The smallest absolute Gasteiger partial charge is 0.247 e. The molecule has 2 aliphatic heterocycles. The van der Waals surface area contributed by atoms with Crippen molar-refractivity contribution >= 4 is 70.0 Å². The van der Waals surface area contributed by atoms with E-state index in [4.69, 9.17) is 6.57 Å². The highest BCUT2D eigenvalue weighted by molar-refractivity contribution is 6.99. The third kappa shape index (κ3) is 4.05. The van der Waals surface area contributed by atoms with Crippen molar-refractivity contribution in [3.05, 3.63) is 137 Å². The standard InChI is InChI=1S/C43H40BN3Si/c1-43(2)33-22-25-40(47-37-18-12-10-16-31(37)32-26-28(45-3)20-24-38(32)47)42-41(33)44(35-23-21-30(27-34(35)43)48(4,5)6)36-17-11-13-19-39(36)46(42)29-14-8-7-9-15-29/h7-9,11,13-15,17,19-27H,10,12,16,18H2,1-2,4-6H3. The predicted molar refractivity (Wildman–Crippen MR) is 207 cm³/mol. The van der Waals surface area contributed by atoms with Crippen molar-refractivity contribution < 1.29 is 0 Å². The quantitative estimate of drug-likeness (QED) is 0.140. The minimum Gasteiger partial charge on any atom is -0.311 e. The fourth-order valence-electron chi connectivity index (χ4n) is 9.07. The van der Waals surface area contributed by atoms with E-state index in [1.165, 1.54) is 90.5 Å². The molecule has 234 valence electrons. The van der Waals surface area contributed by atoms with Crippen molar-refractivity contribution in [2.45, 2.75) is 64.6 Å². The van der Waals surface area contributed by atoms with Crippen LogP contribution in [0, 0.1) is 6.57 Å². The number of hydrogen-bond acceptors (Lipinski definition) is 1. The van der Waals surface area contributed by atoms with Gasteiger partial charge in [-0.2, -0.15) is 0 Å². The molecule has 3 heterocycles. The molecule has 0 N–H and O–H groups in total. The lowest BCUT2D eigenvalue weighted by atomic mass is 9.30. The van der Waals surface area contributed by atoms with E-state index in [2.05, 4.69) is 145 Å². The molecule has 0 fully saturated rings. The Morgan fingerprint density at radius 3 is 2.31 bits per heavy atom. The summed E-state index contributed by atoms with van der Waals surface area (Å²) in [6.07, 6.45) is 4.50. The van der Waals surface area contributed by atoms with E-state index in [-0.39, 0.29) is 12.1 Å². The molecular formula is C43H40BN3Si. The maximum absolute atomic E-state index is 7.78. The van der Waals surface area contributed by atoms with Crippen molar-refractivity contribution in [1.29, 1.82) is 0 Å². The van der Waals surface area contributed by atoms with E-state index in [9.17, 15) is 0 Å². The van der Waals surface area contributed by atoms with Gasteiger partial charge in [0.05, 0.1) is 31.5 Å². The molecule has 3 aliphatic rings. The lowest BCUT2D eigenvalue weighted by Gasteiger charge is -2.46. The van der Waals surface area contributed by atoms with Gasteiger partial charge in [-0.25, -0.2) is 4.85 Å². The van der Waals surface area contributed by atoms with Gasteiger partial charge in [-0.05, 0) is 95.1 Å². The normalized spacial score (nSPS) is 15.8. The van der Waals surface area contributed by atoms with Crippen LogP contribution in [0.1, 0.15) is 49.1 Å². The molecule has 1 aromatic heterocycles. The lowest BCUT2D eigenvalue weighted by molar-refractivity contribution is 0.645. The molecule has 3 nitrogen and oxygen atoms in total. The van der Waals surface area contributed by atoms with E-state index >= 15 is 0 Å². The molecule has 0 bridgehead atoms. The van der Waals surface area contributed by atoms with E-state index in [1.54, 1.807) is 0 Å². The first-order valence-corrected chi connectivity index (χ1v) is 21.0. The van der Waals surface area contributed by atoms with Crippen LogP contribution in [0.25, 0.3) is 21.4 Å². The largest absolute Gasteiger partial charge is 0.311 e. The van der Waals surface area contributed by atoms with Gasteiger partial charge in [0, 0.05) is 22.5 Å². The third-order valence-electron chi connectivity index (χ3n) is 11.4. The molecule has 0 radical (unpaired) electrons. The Morgan fingerprint density at radius 1 is 0.750 bits per heavy atom. The van der Waals surface area contributed by atoms with Crippen molar-refractivity contribution in [1.82, 2.24) is 4.57 Å². The summed E-state index contributed by atoms with van der Waals surface area (Å²) >= 11 is 0. The Balaban J connectivity index is 1.43. The second-order valence-corrected chi connectivity index (χ2v) is 20.6. The van der Waals surface area contributed by atoms with Gasteiger partial charge < -0.3 is 9.47 Å². The monoisotopic (exact) mass is 637 g/mol. The highest BCUT2D eigenvalue weighted by atomic mass is 28.3. The van der Waals surface area contributed by atoms with Crippen LogP contribution in [0.15, 0.2) is 103 Å². The molecular weight excluding hydrogens is 597 g/mol. The van der Waals surface area contributed by atoms with Crippen molar-refractivity contribution in [3.63, 3.8) is 0 Å². The number of fused-ring (bicyclic) bond motifs is 7. The molecule has 5 aromatic carbocycles. The summed E-state index contributed by atoms with van der Waals surface area (Å²) in [4.78, 5) is 6.38. The number of hydrogen-bond donors (Lipinski definition) is 0. The topological polar surface area (TPSA) is 12.5 Å². The van der Waals surface area contributed by atoms with E-state index in [1.807, 2.05) is 6.07 Å². The summed E-state index contributed by atoms with van der Waals surface area (Å²) in [6, 6.07) is 38.7. The summed E-state index contributed by atoms with van der Waals surface area (Å²) in [7, 11) is -1.53. The maximum atomic E-state index is 7.78. The summed E-state index contributed by atoms with van der Waals surface area (Å²) in [6.45, 7) is 20.2. The molecule has 0 amide bonds. The maximum Gasteiger partial charge on any atom is 0.247 e. The SMILES string of the molecule is [C-]#[N+]c1ccc2c(c1)c1c(n2-c2ccc3c4c2N(c2ccccc2)c2ccccc2B4c2ccc([Si](C)(C)C)cc2C3(C)C)CCCC1. The first-order valence-electron chi connectivity index (χ1n) is 17.5. The van der Waals surface area contributed by atoms with Gasteiger partial charge in [0.1, 0.15) is 0 Å². The number of aromatic nitrogens is 1. The molecule has 0 saturated carbocycles. The number of nitrogens with zero attached hydrogens (tertiary/aromatic N) is 3. The number of benzene rings is 5. The Kier molecular flexibility index (Phi) is 6.33. The molecule has 0 saturated heterocycles. The van der Waals surface area contributed by atoms with Crippen molar-refractivity contribution in [2.75, 3.05) is 4.90 Å². The van der Waals surface area contributed by atoms with Gasteiger partial charge in [-0.3, -0.25) is 0 Å². The van der Waals surface area contributed by atoms with Crippen molar-refractivity contribution in [3.8, 4) is 5.69 Å². The van der Waals surface area contributed by atoms with Crippen LogP contribution < -0.4 is 26.5 Å². The van der Waals surface area contributed by atoms with E-state index < -0.39 is 8.07 Å². The average Bonchev–Trinajstić information content (AvgIpc) is 3.43. The minimum atomic E-state index is -1.53. The Labute approximate surface area is 285 Å². The highest BCUT2D eigenvalue weighted by Gasteiger charge is 2.47. The van der Waals surface area contributed by atoms with Crippen LogP contribution in [-0.2, 0) is 18.3 Å². The van der Waals surface area contributed by atoms with Gasteiger partial charge in [-0.1, -0.05) is 111 Å². The zero-order chi connectivity index (χ0) is 32.9. The van der Waals surface area contributed by atoms with Crippen LogP contribution in [0.2, 0.25) is 19.6 Å². The Hall–Kier alpha value is -4.79. The molecule has 1 aliphatic carbocycles. The fourth-order valence-corrected chi connectivity index (χ4v) is 10.2. The Morgan fingerprint density at radius 2 is 1.52 bits per heavy atom. The molecule has 48 heavy (non-hydrogen) atoms. The zero-order valence-corrected chi connectivity index (χ0v) is 29.6. The van der Waals surface area contributed by atoms with E-state index in [0.717, 1.165) is 18.5 Å². The summed E-state index contributed by atoms with van der Waals surface area (Å²) in [5, 5.41) is 2.76. The molecule has 0 spiro atoms. The van der Waals surface area contributed by atoms with Crippen molar-refractivity contribution in [2.24, 2.45) is 0 Å². The van der Waals surface area contributed by atoms with Gasteiger partial charge in [-0.15, -0.1) is 0 Å². The van der Waals surface area contributed by atoms with Crippen LogP contribution in [0.3, 0.4) is 0 Å². The first kappa shape index (κ1) is 29.4. The van der Waals surface area contributed by atoms with Gasteiger partial charge >= 0.3 is 0 Å². The molecule has 0 unspecified atom stereocenters. The lowest BCUT2D eigenvalue weighted by Crippen LogP contribution is -2.64. The molecule has 6 aromatic rings. The second kappa shape index (κ2) is 10.4. The van der Waals surface area contributed by atoms with Gasteiger partial charge in [0.15, 0.2) is 5.69 Å². The summed E-state index contributed by atoms with van der Waals surface area (Å²) in [5.74, 6) is 0. The second-order valence-electron chi connectivity index (χ2n) is 15.5. The molecule has 0 atom stereocenters. The minimum absolute atomic E-state index is 0.135. The Bertz CT molecular complexity index is 2340. The molecule has 5 heteroatoms. The average molecular weight is 638 g/mol. The van der Waals surface area contributed by atoms with E-state index in [0.29, 0.717) is 0 Å². The highest BCUT2D eigenvalue weighted by Crippen LogP contribution is 2.47. The van der Waals surface area contributed by atoms with Gasteiger partial charge in [0.2, 0.25) is 6.71 Å². The fraction of sp³-hybridized carbons (Fsp3) is 0.233. The van der Waals surface area contributed by atoms with Crippen LogP contribution in [0.4, 0.5) is 22.7 Å². The summed E-state index contributed by atoms with van der Waals surface area (Å²) < 4.78 is 2.57. The number of para-hydroxylation sites is 2. The number of aryl methyl sites for hydroxylation is 1. The molecule has 9 rings (SSSR count). The number of anilines is 3. The first-order chi connectivity index (χ1) is 23.2. The van der Waals surface area contributed by atoms with Gasteiger partial charge in [0.25, 0.3) is 0 Å². The zero-order valence-electron chi connectivity index (χ0n) is 28.6. The van der Waals surface area contributed by atoms with Crippen LogP contribution in [-0.4, -0.2) is 19.4 Å². The summed E-state index contributed by atoms with van der Waals surface area (Å²) in [5.41, 5.74) is 16.7.